The molecular weight excluding hydrogens is 192 g/mol. The van der Waals surface area contributed by atoms with Crippen LogP contribution in [0.15, 0.2) is 30.5 Å². The van der Waals surface area contributed by atoms with Gasteiger partial charge in [-0.05, 0) is 17.7 Å². The van der Waals surface area contributed by atoms with Gasteiger partial charge in [-0.15, -0.1) is 0 Å². The summed E-state index contributed by atoms with van der Waals surface area (Å²) in [5, 5.41) is 9.77. The first kappa shape index (κ1) is 9.73. The Bertz CT molecular complexity index is 516. The van der Waals surface area contributed by atoms with E-state index in [-0.39, 0.29) is 0 Å². The minimum absolute atomic E-state index is 0.653. The summed E-state index contributed by atoms with van der Waals surface area (Å²) in [7, 11) is 1.92. The maximum atomic E-state index is 10.8. The quantitative estimate of drug-likeness (QED) is 0.773. The molecule has 1 aromatic heterocycles. The zero-order chi connectivity index (χ0) is 11.0. The summed E-state index contributed by atoms with van der Waals surface area (Å²) in [4.78, 5) is 10.8. The van der Waals surface area contributed by atoms with Crippen molar-refractivity contribution in [2.75, 3.05) is 0 Å². The second kappa shape index (κ2) is 3.40. The molecule has 1 aromatic carbocycles. The van der Waals surface area contributed by atoms with Crippen LogP contribution >= 0.6 is 0 Å². The fraction of sp³-hybridized carbons (Fsp3) is 0.182. The van der Waals surface area contributed by atoms with Gasteiger partial charge in [0, 0.05) is 24.1 Å². The van der Waals surface area contributed by atoms with E-state index >= 15 is 0 Å². The molecule has 4 nitrogen and oxygen atoms in total. The summed E-state index contributed by atoms with van der Waals surface area (Å²) < 4.78 is 1.94. The summed E-state index contributed by atoms with van der Waals surface area (Å²) >= 11 is 0. The van der Waals surface area contributed by atoms with Crippen molar-refractivity contribution in [3.8, 4) is 0 Å². The molecule has 0 saturated heterocycles. The molecule has 2 rings (SSSR count). The zero-order valence-corrected chi connectivity index (χ0v) is 8.34. The van der Waals surface area contributed by atoms with E-state index in [1.54, 1.807) is 6.07 Å². The highest BCUT2D eigenvalue weighted by Gasteiger charge is 2.17. The molecule has 4 heteroatoms. The monoisotopic (exact) mass is 204 g/mol. The van der Waals surface area contributed by atoms with Crippen molar-refractivity contribution in [2.45, 2.75) is 6.04 Å². The Hall–Kier alpha value is -1.81. The van der Waals surface area contributed by atoms with Crippen molar-refractivity contribution >= 4 is 16.9 Å². The van der Waals surface area contributed by atoms with Crippen LogP contribution in [0, 0.1) is 0 Å². The van der Waals surface area contributed by atoms with Crippen molar-refractivity contribution in [2.24, 2.45) is 12.8 Å². The number of aliphatic carboxylic acids is 1. The number of hydrogen-bond acceptors (Lipinski definition) is 2. The van der Waals surface area contributed by atoms with Gasteiger partial charge in [0.15, 0.2) is 0 Å². The number of carbonyl (C=O) groups is 1. The Morgan fingerprint density at radius 1 is 1.47 bits per heavy atom. The molecule has 0 aliphatic heterocycles. The Kier molecular flexibility index (Phi) is 2.21. The van der Waals surface area contributed by atoms with Crippen molar-refractivity contribution in [3.05, 3.63) is 36.0 Å². The molecule has 0 amide bonds. The number of benzene rings is 1. The van der Waals surface area contributed by atoms with E-state index in [2.05, 4.69) is 0 Å². The number of rotatable bonds is 2. The van der Waals surface area contributed by atoms with Crippen LogP contribution in [0.5, 0.6) is 0 Å². The first-order chi connectivity index (χ1) is 7.11. The lowest BCUT2D eigenvalue weighted by molar-refractivity contribution is -0.138. The average molecular weight is 204 g/mol. The van der Waals surface area contributed by atoms with Gasteiger partial charge in [0.05, 0.1) is 0 Å². The van der Waals surface area contributed by atoms with Crippen LogP contribution < -0.4 is 5.73 Å². The maximum absolute atomic E-state index is 10.8. The molecular formula is C11H12N2O2. The minimum atomic E-state index is -1.01. The number of nitrogens with two attached hydrogens (primary N) is 1. The molecule has 3 N–H and O–H groups in total. The number of aryl methyl sites for hydroxylation is 1. The number of aromatic nitrogens is 1. The van der Waals surface area contributed by atoms with Crippen LogP contribution in [-0.4, -0.2) is 15.6 Å². The van der Waals surface area contributed by atoms with Crippen LogP contribution in [-0.2, 0) is 11.8 Å². The summed E-state index contributed by atoms with van der Waals surface area (Å²) in [5.74, 6) is -1.01. The van der Waals surface area contributed by atoms with Gasteiger partial charge in [0.2, 0.25) is 0 Å². The Balaban J connectivity index is 2.66. The van der Waals surface area contributed by atoms with Gasteiger partial charge in [-0.1, -0.05) is 12.1 Å². The molecule has 0 spiro atoms. The molecule has 78 valence electrons. The molecule has 0 aliphatic rings. The molecule has 0 fully saturated rings. The van der Waals surface area contributed by atoms with Crippen molar-refractivity contribution in [1.29, 1.82) is 0 Å². The van der Waals surface area contributed by atoms with Crippen molar-refractivity contribution in [3.63, 3.8) is 0 Å². The van der Waals surface area contributed by atoms with Gasteiger partial charge >= 0.3 is 5.97 Å². The van der Waals surface area contributed by atoms with E-state index in [4.69, 9.17) is 10.8 Å². The van der Waals surface area contributed by atoms with Crippen LogP contribution in [0.3, 0.4) is 0 Å². The highest BCUT2D eigenvalue weighted by Crippen LogP contribution is 2.23. The van der Waals surface area contributed by atoms with Crippen LogP contribution in [0.2, 0.25) is 0 Å². The molecule has 15 heavy (non-hydrogen) atoms. The third kappa shape index (κ3) is 1.49. The van der Waals surface area contributed by atoms with Gasteiger partial charge < -0.3 is 15.4 Å². The third-order valence-electron chi connectivity index (χ3n) is 2.56. The average Bonchev–Trinajstić information content (AvgIpc) is 2.59. The van der Waals surface area contributed by atoms with Gasteiger partial charge in [0.1, 0.15) is 6.04 Å². The zero-order valence-electron chi connectivity index (χ0n) is 8.34. The van der Waals surface area contributed by atoms with E-state index in [9.17, 15) is 4.79 Å². The summed E-state index contributed by atoms with van der Waals surface area (Å²) in [6, 6.07) is 6.43. The second-order valence-corrected chi connectivity index (χ2v) is 3.52. The molecule has 1 atom stereocenters. The number of carboxylic acids is 1. The molecule has 0 radical (unpaired) electrons. The lowest BCUT2D eigenvalue weighted by Gasteiger charge is -2.08. The van der Waals surface area contributed by atoms with Crippen LogP contribution in [0.4, 0.5) is 0 Å². The van der Waals surface area contributed by atoms with Crippen LogP contribution in [0.25, 0.3) is 10.9 Å². The summed E-state index contributed by atoms with van der Waals surface area (Å²) in [6.45, 7) is 0. The lowest BCUT2D eigenvalue weighted by Crippen LogP contribution is -2.20. The Morgan fingerprint density at radius 2 is 2.20 bits per heavy atom. The van der Waals surface area contributed by atoms with Crippen LogP contribution in [0.1, 0.15) is 11.6 Å². The summed E-state index contributed by atoms with van der Waals surface area (Å²) in [6.07, 6.45) is 1.89. The largest absolute Gasteiger partial charge is 0.480 e. The van der Waals surface area contributed by atoms with E-state index in [1.165, 1.54) is 0 Å². The van der Waals surface area contributed by atoms with E-state index < -0.39 is 12.0 Å². The first-order valence-corrected chi connectivity index (χ1v) is 4.63. The Labute approximate surface area is 86.9 Å². The minimum Gasteiger partial charge on any atom is -0.480 e. The topological polar surface area (TPSA) is 68.2 Å². The predicted molar refractivity (Wildman–Crippen MR) is 57.5 cm³/mol. The standard InChI is InChI=1S/C11H12N2O2/c1-13-6-5-7-8(10(12)11(14)15)3-2-4-9(7)13/h2-6,10H,12H2,1H3,(H,14,15). The van der Waals surface area contributed by atoms with Crippen molar-refractivity contribution in [1.82, 2.24) is 4.57 Å². The number of hydrogen-bond donors (Lipinski definition) is 2. The predicted octanol–water partition coefficient (Wildman–Crippen LogP) is 1.26. The smallest absolute Gasteiger partial charge is 0.325 e. The normalized spacial score (nSPS) is 12.9. The van der Waals surface area contributed by atoms with Gasteiger partial charge in [0.25, 0.3) is 0 Å². The molecule has 0 aliphatic carbocycles. The molecule has 1 heterocycles. The van der Waals surface area contributed by atoms with Gasteiger partial charge in [-0.2, -0.15) is 0 Å². The first-order valence-electron chi connectivity index (χ1n) is 4.63. The highest BCUT2D eigenvalue weighted by molar-refractivity contribution is 5.89. The lowest BCUT2D eigenvalue weighted by atomic mass is 10.0. The fourth-order valence-electron chi connectivity index (χ4n) is 1.73. The fourth-order valence-corrected chi connectivity index (χ4v) is 1.73. The number of fused-ring (bicyclic) bond motifs is 1. The molecule has 0 bridgehead atoms. The number of carboxylic acid groups (broad SMARTS) is 1. The van der Waals surface area contributed by atoms with E-state index in [0.717, 1.165) is 10.9 Å². The van der Waals surface area contributed by atoms with E-state index in [0.29, 0.717) is 5.56 Å². The van der Waals surface area contributed by atoms with Gasteiger partial charge in [-0.25, -0.2) is 0 Å². The highest BCUT2D eigenvalue weighted by atomic mass is 16.4. The third-order valence-corrected chi connectivity index (χ3v) is 2.56. The van der Waals surface area contributed by atoms with Crippen molar-refractivity contribution < 1.29 is 9.90 Å². The second-order valence-electron chi connectivity index (χ2n) is 3.52. The Morgan fingerprint density at radius 3 is 2.87 bits per heavy atom. The maximum Gasteiger partial charge on any atom is 0.325 e. The van der Waals surface area contributed by atoms with E-state index in [1.807, 2.05) is 36.0 Å². The number of nitrogens with zero attached hydrogens (tertiary/aromatic N) is 1. The SMILES string of the molecule is Cn1ccc2c(C(N)C(=O)O)cccc21. The van der Waals surface area contributed by atoms with Gasteiger partial charge in [-0.3, -0.25) is 4.79 Å². The molecule has 0 saturated carbocycles. The summed E-state index contributed by atoms with van der Waals surface area (Å²) in [5.41, 5.74) is 7.25. The molecule has 1 unspecified atom stereocenters. The molecule has 2 aromatic rings.